The molecule has 5 aromatic rings. The minimum absolute atomic E-state index is 0. The Balaban J connectivity index is 0.000000322. The molecule has 0 aliphatic carbocycles. The maximum atomic E-state index is 11.7. The van der Waals surface area contributed by atoms with Crippen molar-refractivity contribution < 1.29 is 30.0 Å². The predicted molar refractivity (Wildman–Crippen MR) is 196 cm³/mol. The van der Waals surface area contributed by atoms with Crippen molar-refractivity contribution in [2.75, 3.05) is 0 Å². The molecule has 0 bridgehead atoms. The average molecular weight is 805 g/mol. The van der Waals surface area contributed by atoms with Gasteiger partial charge in [-0.2, -0.15) is 0 Å². The van der Waals surface area contributed by atoms with Crippen molar-refractivity contribution in [2.45, 2.75) is 80.6 Å². The molecule has 5 rings (SSSR count). The van der Waals surface area contributed by atoms with E-state index in [0.29, 0.717) is 0 Å². The van der Waals surface area contributed by atoms with Gasteiger partial charge in [-0.05, 0) is 70.8 Å². The molecule has 1 heterocycles. The summed E-state index contributed by atoms with van der Waals surface area (Å²) >= 11 is 0. The quantitative estimate of drug-likeness (QED) is 0.0662. The molecule has 47 heavy (non-hydrogen) atoms. The smallest absolute Gasteiger partial charge is 0.162 e. The van der Waals surface area contributed by atoms with Crippen molar-refractivity contribution in [3.05, 3.63) is 115 Å². The Morgan fingerprint density at radius 1 is 0.809 bits per heavy atom. The van der Waals surface area contributed by atoms with E-state index in [-0.39, 0.29) is 48.9 Å². The van der Waals surface area contributed by atoms with Gasteiger partial charge in [-0.1, -0.05) is 126 Å². The van der Waals surface area contributed by atoms with Gasteiger partial charge >= 0.3 is 0 Å². The Kier molecular flexibility index (Phi) is 14.1. The number of allylic oxidation sites excluding steroid dienone is 2. The van der Waals surface area contributed by atoms with E-state index in [4.69, 9.17) is 0 Å². The summed E-state index contributed by atoms with van der Waals surface area (Å²) in [6.07, 6.45) is 7.85. The standard InChI is InChI=1S/C30H26N.C13H24O2.Ir/c1-30(2,3)20-21-16-17-31-29(18-21)23-14-12-22(13-15-23)28-19-24-8-4-5-9-25(24)26-10-6-7-11-27(26)28;1-5-10(6-2)12(14)9-13(15)11(7-3)8-4;/h4-14,16-19H,20H2,1-3H3;9-11,14H,5-8H2,1-4H3;/q-1;;/b;12-9-;. The first kappa shape index (κ1) is 37.9. The van der Waals surface area contributed by atoms with E-state index in [1.165, 1.54) is 44.3 Å². The van der Waals surface area contributed by atoms with Gasteiger partial charge in [0.05, 0.1) is 5.76 Å². The number of hydrogen-bond donors (Lipinski definition) is 1. The molecule has 1 N–H and O–H groups in total. The van der Waals surface area contributed by atoms with E-state index in [2.05, 4.69) is 117 Å². The summed E-state index contributed by atoms with van der Waals surface area (Å²) in [7, 11) is 0. The topological polar surface area (TPSA) is 50.2 Å². The van der Waals surface area contributed by atoms with Gasteiger partial charge in [0.2, 0.25) is 0 Å². The van der Waals surface area contributed by atoms with Crippen LogP contribution < -0.4 is 0 Å². The molecule has 249 valence electrons. The normalized spacial score (nSPS) is 11.8. The number of nitrogens with zero attached hydrogens (tertiary/aromatic N) is 1. The van der Waals surface area contributed by atoms with E-state index >= 15 is 0 Å². The molecule has 1 aromatic heterocycles. The van der Waals surface area contributed by atoms with Crippen molar-refractivity contribution in [3.63, 3.8) is 0 Å². The first-order chi connectivity index (χ1) is 22.1. The van der Waals surface area contributed by atoms with Gasteiger partial charge in [0, 0.05) is 44.2 Å². The zero-order chi connectivity index (χ0) is 33.3. The summed E-state index contributed by atoms with van der Waals surface area (Å²) in [4.78, 5) is 16.3. The third-order valence-electron chi connectivity index (χ3n) is 8.81. The van der Waals surface area contributed by atoms with Crippen LogP contribution in [0.2, 0.25) is 0 Å². The van der Waals surface area contributed by atoms with Crippen LogP contribution in [0, 0.1) is 23.3 Å². The zero-order valence-electron chi connectivity index (χ0n) is 29.1. The second-order valence-corrected chi connectivity index (χ2v) is 13.5. The Morgan fingerprint density at radius 2 is 1.43 bits per heavy atom. The number of rotatable bonds is 10. The van der Waals surface area contributed by atoms with Gasteiger partial charge in [-0.3, -0.25) is 4.79 Å². The van der Waals surface area contributed by atoms with E-state index in [1.54, 1.807) is 0 Å². The number of aromatic nitrogens is 1. The van der Waals surface area contributed by atoms with Crippen LogP contribution in [0.25, 0.3) is 43.9 Å². The molecular formula is C43H50IrNO2-. The molecule has 0 unspecified atom stereocenters. The molecular weight excluding hydrogens is 755 g/mol. The molecule has 4 heteroatoms. The molecule has 1 radical (unpaired) electrons. The fourth-order valence-electron chi connectivity index (χ4n) is 6.17. The van der Waals surface area contributed by atoms with Crippen molar-refractivity contribution in [1.82, 2.24) is 4.98 Å². The van der Waals surface area contributed by atoms with Crippen LogP contribution in [-0.4, -0.2) is 15.9 Å². The number of ketones is 1. The molecule has 0 spiro atoms. The van der Waals surface area contributed by atoms with Gasteiger partial charge in [-0.15, -0.1) is 29.8 Å². The first-order valence-corrected chi connectivity index (χ1v) is 16.9. The Morgan fingerprint density at radius 3 is 2.02 bits per heavy atom. The minimum atomic E-state index is 0. The van der Waals surface area contributed by atoms with Crippen LogP contribution in [0.15, 0.2) is 103 Å². The fraction of sp³-hybridized carbons (Fsp3) is 0.349. The molecule has 0 fully saturated rings. The average Bonchev–Trinajstić information content (AvgIpc) is 3.05. The second kappa shape index (κ2) is 17.5. The number of carbonyl (C=O) groups is 1. The van der Waals surface area contributed by atoms with Gasteiger partial charge in [-0.25, -0.2) is 0 Å². The van der Waals surface area contributed by atoms with Crippen LogP contribution in [0.1, 0.15) is 79.7 Å². The number of fused-ring (bicyclic) bond motifs is 3. The van der Waals surface area contributed by atoms with Gasteiger partial charge in [0.15, 0.2) is 5.78 Å². The molecule has 3 nitrogen and oxygen atoms in total. The largest absolute Gasteiger partial charge is 0.512 e. The van der Waals surface area contributed by atoms with Crippen LogP contribution in [0.3, 0.4) is 0 Å². The number of aliphatic hydroxyl groups excluding tert-OH is 1. The number of hydrogen-bond acceptors (Lipinski definition) is 3. The summed E-state index contributed by atoms with van der Waals surface area (Å²) in [5.74, 6) is 0.547. The van der Waals surface area contributed by atoms with Crippen LogP contribution in [-0.2, 0) is 31.3 Å². The first-order valence-electron chi connectivity index (χ1n) is 16.9. The summed E-state index contributed by atoms with van der Waals surface area (Å²) < 4.78 is 0. The monoisotopic (exact) mass is 805 g/mol. The number of carbonyl (C=O) groups excluding carboxylic acids is 1. The van der Waals surface area contributed by atoms with E-state index in [9.17, 15) is 9.90 Å². The molecule has 0 aliphatic heterocycles. The third-order valence-corrected chi connectivity index (χ3v) is 8.81. The predicted octanol–water partition coefficient (Wildman–Crippen LogP) is 12.0. The van der Waals surface area contributed by atoms with Crippen LogP contribution in [0.4, 0.5) is 0 Å². The van der Waals surface area contributed by atoms with Gasteiger partial charge < -0.3 is 10.1 Å². The fourth-order valence-corrected chi connectivity index (χ4v) is 6.17. The van der Waals surface area contributed by atoms with Crippen molar-refractivity contribution in [2.24, 2.45) is 17.3 Å². The van der Waals surface area contributed by atoms with Crippen molar-refractivity contribution >= 4 is 27.3 Å². The Bertz CT molecular complexity index is 1770. The van der Waals surface area contributed by atoms with E-state index < -0.39 is 0 Å². The Labute approximate surface area is 295 Å². The number of benzene rings is 4. The molecule has 4 aromatic carbocycles. The maximum absolute atomic E-state index is 11.7. The Hall–Kier alpha value is -3.59. The summed E-state index contributed by atoms with van der Waals surface area (Å²) in [6, 6.07) is 33.8. The van der Waals surface area contributed by atoms with Crippen LogP contribution in [0.5, 0.6) is 0 Å². The molecule has 0 amide bonds. The maximum Gasteiger partial charge on any atom is 0.162 e. The second-order valence-electron chi connectivity index (χ2n) is 13.5. The van der Waals surface area contributed by atoms with Crippen molar-refractivity contribution in [3.8, 4) is 22.4 Å². The third kappa shape index (κ3) is 9.95. The number of aliphatic hydroxyl groups is 1. The summed E-state index contributed by atoms with van der Waals surface area (Å²) in [6.45, 7) is 14.9. The summed E-state index contributed by atoms with van der Waals surface area (Å²) in [5, 5.41) is 14.9. The summed E-state index contributed by atoms with van der Waals surface area (Å²) in [5.41, 5.74) is 6.00. The molecule has 0 atom stereocenters. The van der Waals surface area contributed by atoms with Gasteiger partial charge in [0.25, 0.3) is 0 Å². The van der Waals surface area contributed by atoms with E-state index in [1.807, 2.05) is 33.9 Å². The SMILES string of the molecule is CC(C)(C)Cc1ccnc(-c2[c-]cc(-c3cc4ccccc4c4ccccc34)cc2)c1.CCC(CC)C(=O)/C=C(\O)C(CC)CC.[Ir]. The van der Waals surface area contributed by atoms with Gasteiger partial charge in [0.1, 0.15) is 0 Å². The molecule has 0 aliphatic rings. The van der Waals surface area contributed by atoms with Crippen molar-refractivity contribution in [1.29, 1.82) is 0 Å². The molecule has 0 saturated carbocycles. The molecule has 0 saturated heterocycles. The van der Waals surface area contributed by atoms with E-state index in [0.717, 1.165) is 43.4 Å². The minimum Gasteiger partial charge on any atom is -0.512 e. The number of pyridine rings is 1. The zero-order valence-corrected chi connectivity index (χ0v) is 31.5. The van der Waals surface area contributed by atoms with Crippen LogP contribution >= 0.6 is 0 Å².